The van der Waals surface area contributed by atoms with E-state index in [-0.39, 0.29) is 6.61 Å². The second kappa shape index (κ2) is 12.5. The fraction of sp³-hybridized carbons (Fsp3) is 0.174. The van der Waals surface area contributed by atoms with Crippen LogP contribution < -0.4 is 0 Å². The van der Waals surface area contributed by atoms with Crippen molar-refractivity contribution in [1.82, 2.24) is 0 Å². The average molecular weight is 408 g/mol. The summed E-state index contributed by atoms with van der Waals surface area (Å²) in [5.41, 5.74) is 1.35. The predicted molar refractivity (Wildman–Crippen MR) is 107 cm³/mol. The second-order valence-corrected chi connectivity index (χ2v) is 6.02. The first-order valence-corrected chi connectivity index (χ1v) is 9.18. The molecule has 0 radical (unpaired) electrons. The van der Waals surface area contributed by atoms with Crippen LogP contribution in [0.25, 0.3) is 0 Å². The Bertz CT molecular complexity index is 874. The highest BCUT2D eigenvalue weighted by Crippen LogP contribution is 2.26. The lowest BCUT2D eigenvalue weighted by Crippen LogP contribution is -2.19. The van der Waals surface area contributed by atoms with Gasteiger partial charge in [-0.3, -0.25) is 0 Å². The molecule has 2 aromatic carbocycles. The van der Waals surface area contributed by atoms with Crippen molar-refractivity contribution in [1.29, 1.82) is 0 Å². The normalized spacial score (nSPS) is 10.3. The van der Waals surface area contributed by atoms with Crippen LogP contribution in [-0.4, -0.2) is 30.5 Å². The Balaban J connectivity index is 1.89. The maximum atomic E-state index is 12.6. The Kier molecular flexibility index (Phi) is 9.30. The number of carbonyl (C=O) groups excluding carboxylic acids is 4. The number of benzene rings is 2. The molecule has 0 aliphatic carbocycles. The molecule has 7 heteroatoms. The van der Waals surface area contributed by atoms with Crippen molar-refractivity contribution < 1.29 is 33.7 Å². The minimum absolute atomic E-state index is 0.0845. The maximum absolute atomic E-state index is 12.6. The van der Waals surface area contributed by atoms with E-state index in [1.807, 2.05) is 12.1 Å². The van der Waals surface area contributed by atoms with Gasteiger partial charge in [-0.1, -0.05) is 60.7 Å². The quantitative estimate of drug-likeness (QED) is 0.157. The highest BCUT2D eigenvalue weighted by Gasteiger charge is 2.26. The van der Waals surface area contributed by atoms with Gasteiger partial charge in [-0.15, -0.1) is 0 Å². The van der Waals surface area contributed by atoms with Gasteiger partial charge in [0.15, 0.2) is 0 Å². The van der Waals surface area contributed by atoms with Gasteiger partial charge in [-0.05, 0) is 30.0 Å². The van der Waals surface area contributed by atoms with E-state index in [4.69, 9.17) is 9.62 Å². The Hall–Kier alpha value is -3.96. The molecule has 30 heavy (non-hydrogen) atoms. The average Bonchev–Trinajstić information content (AvgIpc) is 2.78. The van der Waals surface area contributed by atoms with Crippen LogP contribution in [0, 0.1) is 0 Å². The number of ether oxygens (including phenoxy) is 1. The molecule has 0 fully saturated rings. The van der Waals surface area contributed by atoms with Crippen LogP contribution in [-0.2, 0) is 33.7 Å². The second-order valence-electron chi connectivity index (χ2n) is 6.02. The fourth-order valence-corrected chi connectivity index (χ4v) is 2.51. The standard InChI is InChI=1S/C23H20O7/c24-16-8-3-9-17-28-20(25)14-15-21(26)29-30-23(27)22(18-10-4-1-5-11-18)19-12-6-2-7-13-19/h1-2,4-8,10-15,22H,3,9,17H2/b15-14+. The first-order chi connectivity index (χ1) is 14.6. The largest absolute Gasteiger partial charge is 0.463 e. The molecule has 0 amide bonds. The molecule has 7 nitrogen and oxygen atoms in total. The predicted octanol–water partition coefficient (Wildman–Crippen LogP) is 3.09. The Morgan fingerprint density at radius 1 is 0.833 bits per heavy atom. The van der Waals surface area contributed by atoms with Crippen LogP contribution in [0.1, 0.15) is 29.9 Å². The van der Waals surface area contributed by atoms with Crippen molar-refractivity contribution in [2.45, 2.75) is 18.8 Å². The van der Waals surface area contributed by atoms with Crippen molar-refractivity contribution in [3.63, 3.8) is 0 Å². The lowest BCUT2D eigenvalue weighted by atomic mass is 9.91. The third-order valence-corrected chi connectivity index (χ3v) is 3.88. The fourth-order valence-electron chi connectivity index (χ4n) is 2.51. The summed E-state index contributed by atoms with van der Waals surface area (Å²) in [5.74, 6) is -1.75. The van der Waals surface area contributed by atoms with Crippen LogP contribution in [0.5, 0.6) is 0 Å². The van der Waals surface area contributed by atoms with E-state index in [0.717, 1.165) is 12.2 Å². The van der Waals surface area contributed by atoms with Gasteiger partial charge in [0.05, 0.1) is 6.61 Å². The number of hydrogen-bond donors (Lipinski definition) is 0. The summed E-state index contributed by atoms with van der Waals surface area (Å²) in [6.07, 6.45) is 3.83. The van der Waals surface area contributed by atoms with Crippen LogP contribution >= 0.6 is 0 Å². The van der Waals surface area contributed by atoms with E-state index >= 15 is 0 Å². The lowest BCUT2D eigenvalue weighted by Gasteiger charge is -2.15. The van der Waals surface area contributed by atoms with Crippen molar-refractivity contribution in [3.05, 3.63) is 90.0 Å². The number of esters is 1. The zero-order chi connectivity index (χ0) is 21.6. The zero-order valence-electron chi connectivity index (χ0n) is 16.1. The first kappa shape index (κ1) is 22.3. The first-order valence-electron chi connectivity index (χ1n) is 9.18. The van der Waals surface area contributed by atoms with E-state index in [9.17, 15) is 19.2 Å². The van der Waals surface area contributed by atoms with E-state index in [1.54, 1.807) is 54.5 Å². The molecular formula is C23H20O7. The number of hydrogen-bond acceptors (Lipinski definition) is 7. The molecule has 0 unspecified atom stereocenters. The smallest absolute Gasteiger partial charge is 0.379 e. The Labute approximate surface area is 173 Å². The SMILES string of the molecule is O=C=CCCCOC(=O)/C=C/C(=O)OOC(=O)C(c1ccccc1)c1ccccc1. The Morgan fingerprint density at radius 2 is 1.40 bits per heavy atom. The van der Waals surface area contributed by atoms with Gasteiger partial charge in [-0.2, -0.15) is 0 Å². The zero-order valence-corrected chi connectivity index (χ0v) is 16.1. The monoisotopic (exact) mass is 408 g/mol. The summed E-state index contributed by atoms with van der Waals surface area (Å²) < 4.78 is 4.83. The molecule has 154 valence electrons. The summed E-state index contributed by atoms with van der Waals surface area (Å²) in [6.45, 7) is 0.0845. The van der Waals surface area contributed by atoms with E-state index in [0.29, 0.717) is 24.0 Å². The van der Waals surface area contributed by atoms with Crippen LogP contribution in [0.3, 0.4) is 0 Å². The number of allylic oxidation sites excluding steroid dienone is 1. The van der Waals surface area contributed by atoms with E-state index in [1.165, 1.54) is 6.08 Å². The van der Waals surface area contributed by atoms with Crippen LogP contribution in [0.15, 0.2) is 78.9 Å². The Morgan fingerprint density at radius 3 is 1.97 bits per heavy atom. The van der Waals surface area contributed by atoms with Crippen molar-refractivity contribution in [3.8, 4) is 0 Å². The summed E-state index contributed by atoms with van der Waals surface area (Å²) in [6, 6.07) is 17.8. The highest BCUT2D eigenvalue weighted by atomic mass is 17.2. The summed E-state index contributed by atoms with van der Waals surface area (Å²) >= 11 is 0. The van der Waals surface area contributed by atoms with Gasteiger partial charge in [0.1, 0.15) is 11.9 Å². The molecule has 0 heterocycles. The maximum Gasteiger partial charge on any atom is 0.379 e. The summed E-state index contributed by atoms with van der Waals surface area (Å²) in [4.78, 5) is 55.0. The van der Waals surface area contributed by atoms with Crippen molar-refractivity contribution in [2.24, 2.45) is 0 Å². The minimum atomic E-state index is -1.04. The third kappa shape index (κ3) is 7.58. The molecule has 2 aromatic rings. The van der Waals surface area contributed by atoms with Crippen LogP contribution in [0.4, 0.5) is 0 Å². The van der Waals surface area contributed by atoms with Crippen LogP contribution in [0.2, 0.25) is 0 Å². The molecule has 0 spiro atoms. The molecule has 0 aromatic heterocycles. The molecule has 0 bridgehead atoms. The van der Waals surface area contributed by atoms with E-state index in [2.05, 4.69) is 4.89 Å². The van der Waals surface area contributed by atoms with Crippen molar-refractivity contribution >= 4 is 23.8 Å². The van der Waals surface area contributed by atoms with Crippen molar-refractivity contribution in [2.75, 3.05) is 6.61 Å². The van der Waals surface area contributed by atoms with Gasteiger partial charge < -0.3 is 4.74 Å². The molecule has 0 N–H and O–H groups in total. The van der Waals surface area contributed by atoms with Gasteiger partial charge in [0.2, 0.25) is 0 Å². The molecule has 0 aliphatic heterocycles. The molecule has 0 aliphatic rings. The highest BCUT2D eigenvalue weighted by molar-refractivity contribution is 5.92. The third-order valence-electron chi connectivity index (χ3n) is 3.88. The molecule has 0 atom stereocenters. The van der Waals surface area contributed by atoms with Gasteiger partial charge in [0.25, 0.3) is 0 Å². The number of rotatable bonds is 9. The topological polar surface area (TPSA) is 96.0 Å². The lowest BCUT2D eigenvalue weighted by molar-refractivity contribution is -0.255. The van der Waals surface area contributed by atoms with Gasteiger partial charge >= 0.3 is 17.9 Å². The number of carbonyl (C=O) groups is 3. The van der Waals surface area contributed by atoms with E-state index < -0.39 is 23.8 Å². The summed E-state index contributed by atoms with van der Waals surface area (Å²) in [7, 11) is 0. The molecule has 0 saturated heterocycles. The molecular weight excluding hydrogens is 388 g/mol. The molecule has 0 saturated carbocycles. The molecule has 2 rings (SSSR count). The minimum Gasteiger partial charge on any atom is -0.463 e. The summed E-state index contributed by atoms with van der Waals surface area (Å²) in [5, 5.41) is 0. The number of unbranched alkanes of at least 4 members (excludes halogenated alkanes) is 1. The van der Waals surface area contributed by atoms with Gasteiger partial charge in [0, 0.05) is 12.2 Å². The van der Waals surface area contributed by atoms with Gasteiger partial charge in [-0.25, -0.2) is 29.0 Å².